The van der Waals surface area contributed by atoms with Crippen molar-refractivity contribution >= 4 is 17.0 Å². The fraction of sp³-hybridized carbons (Fsp3) is 0.286. The van der Waals surface area contributed by atoms with Crippen LogP contribution in [-0.4, -0.2) is 0 Å². The van der Waals surface area contributed by atoms with E-state index in [1.54, 1.807) is 0 Å². The summed E-state index contributed by atoms with van der Waals surface area (Å²) in [5.41, 5.74) is 2.49. The normalized spacial score (nSPS) is 10.4. The quantitative estimate of drug-likeness (QED) is 0.830. The Morgan fingerprint density at radius 2 is 1.69 bits per heavy atom. The van der Waals surface area contributed by atoms with Crippen molar-refractivity contribution in [3.8, 4) is 0 Å². The van der Waals surface area contributed by atoms with Gasteiger partial charge in [-0.1, -0.05) is 24.6 Å². The van der Waals surface area contributed by atoms with E-state index in [1.165, 1.54) is 21.0 Å². The van der Waals surface area contributed by atoms with Crippen molar-refractivity contribution in [2.24, 2.45) is 0 Å². The first-order chi connectivity index (χ1) is 7.78. The SMILES string of the molecule is CCc1ccc(CNc2ccc(C)cc2)s1. The van der Waals surface area contributed by atoms with Gasteiger partial charge in [-0.05, 0) is 37.6 Å². The van der Waals surface area contributed by atoms with E-state index in [0.717, 1.165) is 13.0 Å². The molecule has 0 saturated heterocycles. The van der Waals surface area contributed by atoms with E-state index < -0.39 is 0 Å². The molecule has 84 valence electrons. The fourth-order valence-corrected chi connectivity index (χ4v) is 2.47. The number of hydrogen-bond donors (Lipinski definition) is 1. The van der Waals surface area contributed by atoms with Crippen LogP contribution in [0.2, 0.25) is 0 Å². The van der Waals surface area contributed by atoms with Gasteiger partial charge in [0, 0.05) is 22.0 Å². The second-order valence-corrected chi connectivity index (χ2v) is 5.19. The van der Waals surface area contributed by atoms with Crippen LogP contribution < -0.4 is 5.32 Å². The van der Waals surface area contributed by atoms with E-state index in [-0.39, 0.29) is 0 Å². The van der Waals surface area contributed by atoms with Crippen LogP contribution in [0.3, 0.4) is 0 Å². The molecule has 1 aromatic carbocycles. The number of rotatable bonds is 4. The maximum absolute atomic E-state index is 3.44. The van der Waals surface area contributed by atoms with E-state index in [2.05, 4.69) is 55.6 Å². The molecule has 1 N–H and O–H groups in total. The Balaban J connectivity index is 1.94. The van der Waals surface area contributed by atoms with Crippen LogP contribution in [0.15, 0.2) is 36.4 Å². The van der Waals surface area contributed by atoms with Gasteiger partial charge in [-0.3, -0.25) is 0 Å². The summed E-state index contributed by atoms with van der Waals surface area (Å²) in [6.45, 7) is 5.23. The number of nitrogens with one attached hydrogen (secondary N) is 1. The summed E-state index contributed by atoms with van der Waals surface area (Å²) in [7, 11) is 0. The van der Waals surface area contributed by atoms with Crippen molar-refractivity contribution in [2.75, 3.05) is 5.32 Å². The molecule has 1 aromatic heterocycles. The third-order valence-corrected chi connectivity index (χ3v) is 3.81. The summed E-state index contributed by atoms with van der Waals surface area (Å²) in [4.78, 5) is 2.86. The zero-order valence-electron chi connectivity index (χ0n) is 9.79. The second-order valence-electron chi connectivity index (χ2n) is 3.94. The Kier molecular flexibility index (Phi) is 3.62. The number of hydrogen-bond acceptors (Lipinski definition) is 2. The van der Waals surface area contributed by atoms with Crippen LogP contribution in [0.1, 0.15) is 22.2 Å². The van der Waals surface area contributed by atoms with Crippen LogP contribution in [0.5, 0.6) is 0 Å². The number of thiophene rings is 1. The molecule has 0 saturated carbocycles. The fourth-order valence-electron chi connectivity index (χ4n) is 1.57. The Bertz CT molecular complexity index is 442. The van der Waals surface area contributed by atoms with Crippen molar-refractivity contribution < 1.29 is 0 Å². The van der Waals surface area contributed by atoms with Gasteiger partial charge in [0.25, 0.3) is 0 Å². The van der Waals surface area contributed by atoms with E-state index in [9.17, 15) is 0 Å². The molecular weight excluding hydrogens is 214 g/mol. The molecular formula is C14H17NS. The highest BCUT2D eigenvalue weighted by Gasteiger charge is 1.98. The lowest BCUT2D eigenvalue weighted by atomic mass is 10.2. The van der Waals surface area contributed by atoms with Crippen molar-refractivity contribution in [1.82, 2.24) is 0 Å². The van der Waals surface area contributed by atoms with Crippen molar-refractivity contribution in [3.05, 3.63) is 51.7 Å². The summed E-state index contributed by atoms with van der Waals surface area (Å²) in [6.07, 6.45) is 1.13. The van der Waals surface area contributed by atoms with Crippen molar-refractivity contribution in [2.45, 2.75) is 26.8 Å². The molecule has 0 aliphatic rings. The van der Waals surface area contributed by atoms with Crippen LogP contribution in [-0.2, 0) is 13.0 Å². The molecule has 2 heteroatoms. The zero-order chi connectivity index (χ0) is 11.4. The first-order valence-corrected chi connectivity index (χ1v) is 6.47. The number of aryl methyl sites for hydroxylation is 2. The largest absolute Gasteiger partial charge is 0.380 e. The monoisotopic (exact) mass is 231 g/mol. The maximum atomic E-state index is 3.44. The van der Waals surface area contributed by atoms with Gasteiger partial charge in [0.15, 0.2) is 0 Å². The molecule has 0 aliphatic heterocycles. The smallest absolute Gasteiger partial charge is 0.0494 e. The van der Waals surface area contributed by atoms with Gasteiger partial charge in [0.1, 0.15) is 0 Å². The third-order valence-electron chi connectivity index (χ3n) is 2.58. The average Bonchev–Trinajstić information content (AvgIpc) is 2.76. The van der Waals surface area contributed by atoms with Gasteiger partial charge < -0.3 is 5.32 Å². The minimum Gasteiger partial charge on any atom is -0.380 e. The van der Waals surface area contributed by atoms with Gasteiger partial charge in [-0.2, -0.15) is 0 Å². The van der Waals surface area contributed by atoms with Gasteiger partial charge in [0.05, 0.1) is 0 Å². The number of benzene rings is 1. The summed E-state index contributed by atoms with van der Waals surface area (Å²) in [5, 5.41) is 3.44. The summed E-state index contributed by atoms with van der Waals surface area (Å²) < 4.78 is 0. The highest BCUT2D eigenvalue weighted by Crippen LogP contribution is 2.18. The summed E-state index contributed by atoms with van der Waals surface area (Å²) in [6, 6.07) is 13.0. The first-order valence-electron chi connectivity index (χ1n) is 5.66. The van der Waals surface area contributed by atoms with Gasteiger partial charge in [-0.15, -0.1) is 11.3 Å². The lowest BCUT2D eigenvalue weighted by molar-refractivity contribution is 1.19. The lowest BCUT2D eigenvalue weighted by Gasteiger charge is -2.04. The van der Waals surface area contributed by atoms with Gasteiger partial charge >= 0.3 is 0 Å². The van der Waals surface area contributed by atoms with E-state index in [0.29, 0.717) is 0 Å². The highest BCUT2D eigenvalue weighted by molar-refractivity contribution is 7.12. The van der Waals surface area contributed by atoms with Crippen LogP contribution in [0.4, 0.5) is 5.69 Å². The summed E-state index contributed by atoms with van der Waals surface area (Å²) in [5.74, 6) is 0. The van der Waals surface area contributed by atoms with Crippen LogP contribution >= 0.6 is 11.3 Å². The Morgan fingerprint density at radius 3 is 2.31 bits per heavy atom. The molecule has 0 radical (unpaired) electrons. The molecule has 0 amide bonds. The molecule has 0 bridgehead atoms. The Labute approximate surface area is 101 Å². The number of anilines is 1. The van der Waals surface area contributed by atoms with E-state index >= 15 is 0 Å². The maximum Gasteiger partial charge on any atom is 0.0494 e. The Hall–Kier alpha value is -1.28. The molecule has 0 aliphatic carbocycles. The van der Waals surface area contributed by atoms with Crippen LogP contribution in [0.25, 0.3) is 0 Å². The van der Waals surface area contributed by atoms with E-state index in [1.807, 2.05) is 11.3 Å². The van der Waals surface area contributed by atoms with Crippen molar-refractivity contribution in [3.63, 3.8) is 0 Å². The molecule has 0 fully saturated rings. The van der Waals surface area contributed by atoms with Gasteiger partial charge in [0.2, 0.25) is 0 Å². The minimum atomic E-state index is 0.924. The lowest BCUT2D eigenvalue weighted by Crippen LogP contribution is -1.96. The zero-order valence-corrected chi connectivity index (χ0v) is 10.6. The topological polar surface area (TPSA) is 12.0 Å². The average molecular weight is 231 g/mol. The molecule has 0 unspecified atom stereocenters. The predicted octanol–water partition coefficient (Wildman–Crippen LogP) is 4.23. The molecule has 0 atom stereocenters. The van der Waals surface area contributed by atoms with E-state index in [4.69, 9.17) is 0 Å². The van der Waals surface area contributed by atoms with Gasteiger partial charge in [-0.25, -0.2) is 0 Å². The Morgan fingerprint density at radius 1 is 1.00 bits per heavy atom. The standard InChI is InChI=1S/C14H17NS/c1-3-13-8-9-14(16-13)10-15-12-6-4-11(2)5-7-12/h4-9,15H,3,10H2,1-2H3. The second kappa shape index (κ2) is 5.17. The third kappa shape index (κ3) is 2.86. The van der Waals surface area contributed by atoms with Crippen LogP contribution in [0, 0.1) is 6.92 Å². The summed E-state index contributed by atoms with van der Waals surface area (Å²) >= 11 is 1.89. The molecule has 2 rings (SSSR count). The minimum absolute atomic E-state index is 0.924. The molecule has 1 heterocycles. The molecule has 2 aromatic rings. The molecule has 16 heavy (non-hydrogen) atoms. The van der Waals surface area contributed by atoms with Crippen molar-refractivity contribution in [1.29, 1.82) is 0 Å². The first kappa shape index (κ1) is 11.2. The predicted molar refractivity (Wildman–Crippen MR) is 72.2 cm³/mol. The molecule has 0 spiro atoms. The molecule has 1 nitrogen and oxygen atoms in total. The highest BCUT2D eigenvalue weighted by atomic mass is 32.1.